The first kappa shape index (κ1) is 9.19. The quantitative estimate of drug-likeness (QED) is 0.796. The summed E-state index contributed by atoms with van der Waals surface area (Å²) in [5.74, 6) is 0.0249. The molecule has 1 aromatic rings. The molecular weight excluding hydrogens is 227 g/mol. The van der Waals surface area contributed by atoms with E-state index in [0.29, 0.717) is 4.47 Å². The second-order valence-corrected chi connectivity index (χ2v) is 3.10. The van der Waals surface area contributed by atoms with E-state index < -0.39 is 6.17 Å². The maximum Gasteiger partial charge on any atom is 0.180 e. The number of hydrogen-bond donors (Lipinski definition) is 1. The highest BCUT2D eigenvalue weighted by molar-refractivity contribution is 9.10. The molecule has 0 amide bonds. The van der Waals surface area contributed by atoms with Crippen molar-refractivity contribution < 1.29 is 14.3 Å². The van der Waals surface area contributed by atoms with E-state index in [2.05, 4.69) is 15.9 Å². The van der Waals surface area contributed by atoms with E-state index in [0.717, 1.165) is 0 Å². The number of benzene rings is 1. The maximum atomic E-state index is 12.7. The number of rotatable bonds is 2. The molecule has 0 aliphatic carbocycles. The summed E-state index contributed by atoms with van der Waals surface area (Å²) in [5, 5.41) is 9.04. The fourth-order valence-electron chi connectivity index (χ4n) is 0.773. The largest absolute Gasteiger partial charge is 0.507 e. The maximum absolute atomic E-state index is 12.7. The molecule has 0 aliphatic rings. The van der Waals surface area contributed by atoms with E-state index >= 15 is 0 Å². The Labute approximate surface area is 77.2 Å². The Balaban J connectivity index is 3.04. The minimum atomic E-state index is -1.62. The number of aldehydes is 1. The van der Waals surface area contributed by atoms with Gasteiger partial charge in [-0.15, -0.1) is 0 Å². The molecule has 12 heavy (non-hydrogen) atoms. The Morgan fingerprint density at radius 1 is 1.58 bits per heavy atom. The van der Waals surface area contributed by atoms with Gasteiger partial charge in [-0.1, -0.05) is 6.07 Å². The fraction of sp³-hybridized carbons (Fsp3) is 0.125. The highest BCUT2D eigenvalue weighted by Crippen LogP contribution is 2.27. The Hall–Kier alpha value is -0.900. The monoisotopic (exact) mass is 232 g/mol. The predicted molar refractivity (Wildman–Crippen MR) is 45.7 cm³/mol. The van der Waals surface area contributed by atoms with Crippen LogP contribution in [0.15, 0.2) is 22.7 Å². The second kappa shape index (κ2) is 3.67. The fourth-order valence-corrected chi connectivity index (χ4v) is 1.17. The third-order valence-corrected chi connectivity index (χ3v) is 2.04. The van der Waals surface area contributed by atoms with E-state index in [-0.39, 0.29) is 17.6 Å². The molecule has 0 aromatic heterocycles. The van der Waals surface area contributed by atoms with Crippen LogP contribution in [0.2, 0.25) is 0 Å². The van der Waals surface area contributed by atoms with Gasteiger partial charge in [0.05, 0.1) is 4.47 Å². The van der Waals surface area contributed by atoms with Crippen molar-refractivity contribution >= 4 is 22.2 Å². The number of hydrogen-bond acceptors (Lipinski definition) is 2. The van der Waals surface area contributed by atoms with Gasteiger partial charge < -0.3 is 5.11 Å². The Kier molecular flexibility index (Phi) is 2.81. The van der Waals surface area contributed by atoms with Crippen LogP contribution in [0.4, 0.5) is 4.39 Å². The molecule has 1 unspecified atom stereocenters. The van der Waals surface area contributed by atoms with Crippen LogP contribution in [-0.2, 0) is 4.79 Å². The van der Waals surface area contributed by atoms with E-state index in [1.165, 1.54) is 18.2 Å². The van der Waals surface area contributed by atoms with Gasteiger partial charge in [-0.2, -0.15) is 0 Å². The molecule has 1 N–H and O–H groups in total. The molecule has 0 spiro atoms. The van der Waals surface area contributed by atoms with Gasteiger partial charge in [-0.25, -0.2) is 4.39 Å². The molecule has 0 heterocycles. The second-order valence-electron chi connectivity index (χ2n) is 2.25. The highest BCUT2D eigenvalue weighted by atomic mass is 79.9. The number of aromatic hydroxyl groups is 1. The number of carbonyl (C=O) groups excluding carboxylic acids is 1. The van der Waals surface area contributed by atoms with Crippen LogP contribution in [0.3, 0.4) is 0 Å². The number of phenolic OH excluding ortho intramolecular Hbond substituents is 1. The molecule has 4 heteroatoms. The summed E-state index contributed by atoms with van der Waals surface area (Å²) in [6, 6.07) is 4.06. The first-order chi connectivity index (χ1) is 5.65. The molecule has 1 aromatic carbocycles. The van der Waals surface area contributed by atoms with Crippen molar-refractivity contribution in [1.82, 2.24) is 0 Å². The average molecular weight is 233 g/mol. The van der Waals surface area contributed by atoms with Crippen molar-refractivity contribution in [3.63, 3.8) is 0 Å². The Morgan fingerprint density at radius 3 is 2.75 bits per heavy atom. The van der Waals surface area contributed by atoms with Gasteiger partial charge in [-0.05, 0) is 33.6 Å². The highest BCUT2D eigenvalue weighted by Gasteiger charge is 2.09. The summed E-state index contributed by atoms with van der Waals surface area (Å²) in [7, 11) is 0. The van der Waals surface area contributed by atoms with E-state index in [9.17, 15) is 9.18 Å². The molecule has 0 saturated heterocycles. The zero-order valence-corrected chi connectivity index (χ0v) is 7.58. The topological polar surface area (TPSA) is 37.3 Å². The van der Waals surface area contributed by atoms with Gasteiger partial charge in [0, 0.05) is 0 Å². The van der Waals surface area contributed by atoms with Gasteiger partial charge in [0.1, 0.15) is 5.75 Å². The average Bonchev–Trinajstić information content (AvgIpc) is 2.08. The molecule has 0 fully saturated rings. The van der Waals surface area contributed by atoms with E-state index in [1.54, 1.807) is 0 Å². The minimum absolute atomic E-state index is 0.0249. The van der Waals surface area contributed by atoms with Crippen molar-refractivity contribution in [2.45, 2.75) is 6.17 Å². The standard InChI is InChI=1S/C8H6BrFO2/c9-6-3-5(7(10)4-11)1-2-8(6)12/h1-4,7,12H. The van der Waals surface area contributed by atoms with Crippen molar-refractivity contribution in [3.05, 3.63) is 28.2 Å². The van der Waals surface area contributed by atoms with Crippen molar-refractivity contribution in [1.29, 1.82) is 0 Å². The van der Waals surface area contributed by atoms with Crippen LogP contribution >= 0.6 is 15.9 Å². The summed E-state index contributed by atoms with van der Waals surface area (Å²) in [4.78, 5) is 10.0. The van der Waals surface area contributed by atoms with Crippen LogP contribution in [-0.4, -0.2) is 11.4 Å². The van der Waals surface area contributed by atoms with Crippen molar-refractivity contribution in [2.24, 2.45) is 0 Å². The van der Waals surface area contributed by atoms with Crippen molar-refractivity contribution in [3.8, 4) is 5.75 Å². The van der Waals surface area contributed by atoms with E-state index in [1.807, 2.05) is 0 Å². The molecule has 0 aliphatic heterocycles. The number of phenols is 1. The molecule has 0 bridgehead atoms. The Morgan fingerprint density at radius 2 is 2.25 bits per heavy atom. The van der Waals surface area contributed by atoms with Gasteiger partial charge in [0.15, 0.2) is 12.5 Å². The lowest BCUT2D eigenvalue weighted by molar-refractivity contribution is -0.112. The summed E-state index contributed by atoms with van der Waals surface area (Å²) < 4.78 is 13.1. The van der Waals surface area contributed by atoms with Crippen LogP contribution in [0.25, 0.3) is 0 Å². The third-order valence-electron chi connectivity index (χ3n) is 1.41. The minimum Gasteiger partial charge on any atom is -0.507 e. The molecule has 1 rings (SSSR count). The summed E-state index contributed by atoms with van der Waals surface area (Å²) in [6.45, 7) is 0. The lowest BCUT2D eigenvalue weighted by atomic mass is 10.1. The zero-order valence-electron chi connectivity index (χ0n) is 6.00. The van der Waals surface area contributed by atoms with Crippen LogP contribution in [0.5, 0.6) is 5.75 Å². The van der Waals surface area contributed by atoms with Crippen molar-refractivity contribution in [2.75, 3.05) is 0 Å². The first-order valence-corrected chi connectivity index (χ1v) is 4.02. The normalized spacial score (nSPS) is 12.5. The van der Waals surface area contributed by atoms with Gasteiger partial charge in [0.2, 0.25) is 0 Å². The number of halogens is 2. The SMILES string of the molecule is O=CC(F)c1ccc(O)c(Br)c1. The predicted octanol–water partition coefficient (Wildman–Crippen LogP) is 2.36. The van der Waals surface area contributed by atoms with Crippen LogP contribution in [0, 0.1) is 0 Å². The van der Waals surface area contributed by atoms with Crippen LogP contribution in [0.1, 0.15) is 11.7 Å². The molecular formula is C8H6BrFO2. The molecule has 1 atom stereocenters. The van der Waals surface area contributed by atoms with Gasteiger partial charge in [-0.3, -0.25) is 4.79 Å². The first-order valence-electron chi connectivity index (χ1n) is 3.23. The number of alkyl halides is 1. The molecule has 2 nitrogen and oxygen atoms in total. The third kappa shape index (κ3) is 1.82. The molecule has 64 valence electrons. The van der Waals surface area contributed by atoms with Gasteiger partial charge in [0.25, 0.3) is 0 Å². The van der Waals surface area contributed by atoms with Gasteiger partial charge >= 0.3 is 0 Å². The number of carbonyl (C=O) groups is 1. The lowest BCUT2D eigenvalue weighted by Crippen LogP contribution is -1.91. The lowest BCUT2D eigenvalue weighted by Gasteiger charge is -2.02. The smallest absolute Gasteiger partial charge is 0.180 e. The summed E-state index contributed by atoms with van der Waals surface area (Å²) in [6.07, 6.45) is -1.42. The molecule has 0 radical (unpaired) electrons. The summed E-state index contributed by atoms with van der Waals surface area (Å²) in [5.41, 5.74) is 0.231. The van der Waals surface area contributed by atoms with E-state index in [4.69, 9.17) is 5.11 Å². The zero-order chi connectivity index (χ0) is 9.14. The summed E-state index contributed by atoms with van der Waals surface area (Å²) >= 11 is 3.01. The van der Waals surface area contributed by atoms with Crippen LogP contribution < -0.4 is 0 Å². The molecule has 0 saturated carbocycles. The Bertz CT molecular complexity index is 301.